The van der Waals surface area contributed by atoms with E-state index in [0.29, 0.717) is 6.54 Å². The molecule has 0 amide bonds. The molecule has 1 heterocycles. The quantitative estimate of drug-likeness (QED) is 0.890. The summed E-state index contributed by atoms with van der Waals surface area (Å²) in [5.41, 5.74) is 5.41. The van der Waals surface area contributed by atoms with Gasteiger partial charge in [0, 0.05) is 12.6 Å². The van der Waals surface area contributed by atoms with Crippen LogP contribution in [-0.2, 0) is 6.18 Å². The highest BCUT2D eigenvalue weighted by atomic mass is 19.4. The zero-order valence-electron chi connectivity index (χ0n) is 11.5. The van der Waals surface area contributed by atoms with E-state index < -0.39 is 12.0 Å². The van der Waals surface area contributed by atoms with Crippen LogP contribution in [0.4, 0.5) is 24.8 Å². The van der Waals surface area contributed by atoms with Gasteiger partial charge in [0.15, 0.2) is 0 Å². The van der Waals surface area contributed by atoms with Gasteiger partial charge in [0.05, 0.1) is 0 Å². The summed E-state index contributed by atoms with van der Waals surface area (Å²) in [6.45, 7) is 8.72. The zero-order chi connectivity index (χ0) is 14.8. The van der Waals surface area contributed by atoms with Crippen molar-refractivity contribution in [2.45, 2.75) is 33.9 Å². The van der Waals surface area contributed by atoms with Crippen molar-refractivity contribution >= 4 is 11.6 Å². The van der Waals surface area contributed by atoms with E-state index in [-0.39, 0.29) is 23.0 Å². The molecule has 1 rings (SSSR count). The molecule has 1 aromatic heterocycles. The normalized spacial score (nSPS) is 14.3. The summed E-state index contributed by atoms with van der Waals surface area (Å²) in [7, 11) is 0. The second-order valence-electron chi connectivity index (χ2n) is 5.65. The van der Waals surface area contributed by atoms with Gasteiger partial charge in [0.1, 0.15) is 11.6 Å². The number of anilines is 2. The van der Waals surface area contributed by atoms with Crippen molar-refractivity contribution in [1.29, 1.82) is 0 Å². The van der Waals surface area contributed by atoms with Crippen LogP contribution >= 0.6 is 0 Å². The summed E-state index contributed by atoms with van der Waals surface area (Å²) >= 11 is 0. The van der Waals surface area contributed by atoms with Crippen LogP contribution in [-0.4, -0.2) is 16.5 Å². The minimum atomic E-state index is -4.60. The molecule has 1 aromatic rings. The van der Waals surface area contributed by atoms with Crippen LogP contribution in [0.5, 0.6) is 0 Å². The molecule has 0 aliphatic rings. The van der Waals surface area contributed by atoms with E-state index in [1.807, 2.05) is 6.92 Å². The predicted molar refractivity (Wildman–Crippen MR) is 68.6 cm³/mol. The number of alkyl halides is 3. The van der Waals surface area contributed by atoms with Crippen LogP contribution in [0.3, 0.4) is 0 Å². The summed E-state index contributed by atoms with van der Waals surface area (Å²) in [6.07, 6.45) is -4.60. The fourth-order valence-electron chi connectivity index (χ4n) is 1.25. The number of halogens is 3. The van der Waals surface area contributed by atoms with Gasteiger partial charge in [-0.1, -0.05) is 27.7 Å². The van der Waals surface area contributed by atoms with Crippen LogP contribution in [0, 0.1) is 11.3 Å². The molecule has 0 spiro atoms. The molecule has 0 saturated heterocycles. The van der Waals surface area contributed by atoms with E-state index in [1.54, 1.807) is 0 Å². The maximum atomic E-state index is 12.5. The van der Waals surface area contributed by atoms with E-state index in [1.165, 1.54) is 6.07 Å². The Bertz CT molecular complexity index is 438. The maximum absolute atomic E-state index is 12.5. The molecule has 4 nitrogen and oxygen atoms in total. The van der Waals surface area contributed by atoms with E-state index in [0.717, 1.165) is 0 Å². The molecule has 7 heteroatoms. The summed E-state index contributed by atoms with van der Waals surface area (Å²) in [5.74, 6) is -1.07. The minimum absolute atomic E-state index is 0.0540. The first-order valence-corrected chi connectivity index (χ1v) is 5.96. The summed E-state index contributed by atoms with van der Waals surface area (Å²) < 4.78 is 37.6. The van der Waals surface area contributed by atoms with Crippen LogP contribution in [0.15, 0.2) is 6.07 Å². The van der Waals surface area contributed by atoms with Gasteiger partial charge in [-0.15, -0.1) is 0 Å². The summed E-state index contributed by atoms with van der Waals surface area (Å²) in [5, 5.41) is 2.87. The molecule has 1 unspecified atom stereocenters. The molecule has 0 saturated carbocycles. The molecule has 0 bridgehead atoms. The van der Waals surface area contributed by atoms with Crippen molar-refractivity contribution < 1.29 is 13.2 Å². The lowest BCUT2D eigenvalue weighted by Crippen LogP contribution is -2.25. The van der Waals surface area contributed by atoms with Crippen LogP contribution in [0.1, 0.15) is 33.5 Å². The van der Waals surface area contributed by atoms with E-state index in [9.17, 15) is 13.2 Å². The van der Waals surface area contributed by atoms with E-state index in [4.69, 9.17) is 5.73 Å². The third-order valence-corrected chi connectivity index (χ3v) is 3.07. The average molecular weight is 276 g/mol. The second-order valence-corrected chi connectivity index (χ2v) is 5.65. The van der Waals surface area contributed by atoms with Crippen molar-refractivity contribution in [3.05, 3.63) is 11.9 Å². The van der Waals surface area contributed by atoms with Gasteiger partial charge in [-0.3, -0.25) is 0 Å². The van der Waals surface area contributed by atoms with Crippen molar-refractivity contribution in [2.75, 3.05) is 17.6 Å². The highest BCUT2D eigenvalue weighted by Crippen LogP contribution is 2.28. The first-order chi connectivity index (χ1) is 8.50. The van der Waals surface area contributed by atoms with Gasteiger partial charge in [0.25, 0.3) is 0 Å². The Morgan fingerprint density at radius 1 is 1.26 bits per heavy atom. The monoisotopic (exact) mass is 276 g/mol. The third kappa shape index (κ3) is 4.57. The molecule has 0 aliphatic heterocycles. The minimum Gasteiger partial charge on any atom is -0.384 e. The fraction of sp³-hybridized carbons (Fsp3) is 0.667. The summed E-state index contributed by atoms with van der Waals surface area (Å²) in [6, 6.07) is 1.30. The number of aromatic nitrogens is 2. The number of nitrogens with zero attached hydrogens (tertiary/aromatic N) is 2. The molecule has 19 heavy (non-hydrogen) atoms. The lowest BCUT2D eigenvalue weighted by molar-refractivity contribution is -0.144. The smallest absolute Gasteiger partial charge is 0.384 e. The zero-order valence-corrected chi connectivity index (χ0v) is 11.5. The van der Waals surface area contributed by atoms with Gasteiger partial charge < -0.3 is 11.1 Å². The Hall–Kier alpha value is -1.53. The fourth-order valence-corrected chi connectivity index (χ4v) is 1.25. The molecule has 3 N–H and O–H groups in total. The Balaban J connectivity index is 2.83. The number of nitrogens with two attached hydrogens (primary N) is 1. The van der Waals surface area contributed by atoms with Crippen LogP contribution in [0.2, 0.25) is 0 Å². The second kappa shape index (κ2) is 5.22. The molecular formula is C12H19F3N4. The highest BCUT2D eigenvalue weighted by Gasteiger charge is 2.35. The number of nitrogen functional groups attached to an aromatic ring is 1. The first-order valence-electron chi connectivity index (χ1n) is 5.96. The number of nitrogens with one attached hydrogen (secondary N) is 1. The Morgan fingerprint density at radius 2 is 1.84 bits per heavy atom. The standard InChI is InChI=1S/C12H19F3N4/c1-7(11(2,3)4)6-17-9-5-8(16)18-10(19-9)12(13,14)15/h5,7H,6H2,1-4H3,(H3,16,17,18,19). The number of hydrogen-bond acceptors (Lipinski definition) is 4. The predicted octanol–water partition coefficient (Wildman–Crippen LogP) is 3.17. The number of rotatable bonds is 3. The maximum Gasteiger partial charge on any atom is 0.451 e. The molecular weight excluding hydrogens is 257 g/mol. The van der Waals surface area contributed by atoms with E-state index in [2.05, 4.69) is 36.1 Å². The van der Waals surface area contributed by atoms with Crippen molar-refractivity contribution in [1.82, 2.24) is 9.97 Å². The molecule has 1 atom stereocenters. The summed E-state index contributed by atoms with van der Waals surface area (Å²) in [4.78, 5) is 6.61. The topological polar surface area (TPSA) is 63.8 Å². The molecule has 0 fully saturated rings. The van der Waals surface area contributed by atoms with Gasteiger partial charge in [0.2, 0.25) is 5.82 Å². The molecule has 0 aromatic carbocycles. The lowest BCUT2D eigenvalue weighted by atomic mass is 9.82. The van der Waals surface area contributed by atoms with Gasteiger partial charge in [-0.25, -0.2) is 9.97 Å². The highest BCUT2D eigenvalue weighted by molar-refractivity contribution is 5.44. The van der Waals surface area contributed by atoms with Crippen molar-refractivity contribution in [3.63, 3.8) is 0 Å². The van der Waals surface area contributed by atoms with Gasteiger partial charge in [-0.2, -0.15) is 13.2 Å². The van der Waals surface area contributed by atoms with Crippen LogP contribution < -0.4 is 11.1 Å². The van der Waals surface area contributed by atoms with Crippen molar-refractivity contribution in [2.24, 2.45) is 11.3 Å². The average Bonchev–Trinajstić information content (AvgIpc) is 2.22. The van der Waals surface area contributed by atoms with Gasteiger partial charge >= 0.3 is 6.18 Å². The molecule has 0 aliphatic carbocycles. The lowest BCUT2D eigenvalue weighted by Gasteiger charge is -2.27. The molecule has 108 valence electrons. The Morgan fingerprint density at radius 3 is 2.32 bits per heavy atom. The van der Waals surface area contributed by atoms with E-state index >= 15 is 0 Å². The SMILES string of the molecule is CC(CNc1cc(N)nc(C(F)(F)F)n1)C(C)(C)C. The molecule has 0 radical (unpaired) electrons. The first kappa shape index (κ1) is 15.5. The Labute approximate surface area is 110 Å². The van der Waals surface area contributed by atoms with Crippen LogP contribution in [0.25, 0.3) is 0 Å². The third-order valence-electron chi connectivity index (χ3n) is 3.07. The van der Waals surface area contributed by atoms with Gasteiger partial charge in [-0.05, 0) is 11.3 Å². The number of hydrogen-bond donors (Lipinski definition) is 2. The Kier molecular flexibility index (Phi) is 4.27. The largest absolute Gasteiger partial charge is 0.451 e. The van der Waals surface area contributed by atoms with Crippen molar-refractivity contribution in [3.8, 4) is 0 Å².